The van der Waals surface area contributed by atoms with E-state index in [1.807, 2.05) is 90.2 Å². The van der Waals surface area contributed by atoms with Gasteiger partial charge in [0.05, 0.1) is 21.8 Å². The van der Waals surface area contributed by atoms with Gasteiger partial charge in [0.25, 0.3) is 5.56 Å². The molecule has 3 aromatic carbocycles. The van der Waals surface area contributed by atoms with Crippen LogP contribution in [0.1, 0.15) is 32.3 Å². The smallest absolute Gasteiger partial charge is 0.267 e. The van der Waals surface area contributed by atoms with Crippen LogP contribution in [0.2, 0.25) is 0 Å². The van der Waals surface area contributed by atoms with Crippen LogP contribution in [-0.2, 0) is 4.79 Å². The van der Waals surface area contributed by atoms with Crippen LogP contribution in [0.25, 0.3) is 22.4 Å². The molecule has 2 aromatic heterocycles. The number of anilines is 1. The maximum absolute atomic E-state index is 13.7. The number of fused-ring (bicyclic) bond motifs is 3. The Morgan fingerprint density at radius 1 is 0.889 bits per heavy atom. The number of carbonyl (C=O) groups is 1. The number of rotatable bonds is 6. The maximum atomic E-state index is 13.7. The number of nitrogens with zero attached hydrogens (tertiary/aromatic N) is 5. The van der Waals surface area contributed by atoms with Crippen LogP contribution in [0.3, 0.4) is 0 Å². The van der Waals surface area contributed by atoms with Crippen molar-refractivity contribution in [1.29, 1.82) is 0 Å². The second-order valence-electron chi connectivity index (χ2n) is 8.98. The van der Waals surface area contributed by atoms with Gasteiger partial charge >= 0.3 is 0 Å². The van der Waals surface area contributed by atoms with Gasteiger partial charge in [-0.15, -0.1) is 10.2 Å². The molecule has 0 saturated carbocycles. The minimum absolute atomic E-state index is 0.0502. The number of amides is 1. The highest BCUT2D eigenvalue weighted by molar-refractivity contribution is 8.00. The Morgan fingerprint density at radius 3 is 2.31 bits per heavy atom. The average molecular weight is 498 g/mol. The summed E-state index contributed by atoms with van der Waals surface area (Å²) in [6.07, 6.45) is 0. The standard InChI is InChI=1S/C28H27N5O2S/c1-18(2)21-14-8-10-16-23(21)32-26(35)22-15-9-11-17-24(22)33-27(32)29-30-28(33)36-19(3)25(34)31(4)20-12-6-5-7-13-20/h5-19H,1-4H3. The van der Waals surface area contributed by atoms with E-state index in [1.54, 1.807) is 16.5 Å². The summed E-state index contributed by atoms with van der Waals surface area (Å²) in [6, 6.07) is 24.9. The van der Waals surface area contributed by atoms with E-state index < -0.39 is 5.25 Å². The first kappa shape index (κ1) is 23.8. The first-order valence-electron chi connectivity index (χ1n) is 11.9. The van der Waals surface area contributed by atoms with Crippen molar-refractivity contribution in [1.82, 2.24) is 19.2 Å². The van der Waals surface area contributed by atoms with E-state index in [0.717, 1.165) is 16.9 Å². The molecule has 5 aromatic rings. The van der Waals surface area contributed by atoms with Crippen LogP contribution >= 0.6 is 11.8 Å². The van der Waals surface area contributed by atoms with Crippen LogP contribution < -0.4 is 10.5 Å². The van der Waals surface area contributed by atoms with E-state index in [1.165, 1.54) is 11.8 Å². The molecular formula is C28H27N5O2S. The summed E-state index contributed by atoms with van der Waals surface area (Å²) in [5.74, 6) is 0.582. The summed E-state index contributed by atoms with van der Waals surface area (Å²) >= 11 is 1.33. The van der Waals surface area contributed by atoms with Gasteiger partial charge in [0.2, 0.25) is 11.7 Å². The summed E-state index contributed by atoms with van der Waals surface area (Å²) in [5, 5.41) is 9.59. The number of benzene rings is 3. The van der Waals surface area contributed by atoms with Crippen molar-refractivity contribution in [2.24, 2.45) is 0 Å². The lowest BCUT2D eigenvalue weighted by Crippen LogP contribution is -2.33. The molecule has 36 heavy (non-hydrogen) atoms. The molecule has 7 nitrogen and oxygen atoms in total. The Kier molecular flexibility index (Phi) is 6.36. The van der Waals surface area contributed by atoms with Gasteiger partial charge in [-0.1, -0.05) is 74.1 Å². The van der Waals surface area contributed by atoms with Crippen LogP contribution in [-0.4, -0.2) is 37.4 Å². The summed E-state index contributed by atoms with van der Waals surface area (Å²) in [4.78, 5) is 28.6. The summed E-state index contributed by atoms with van der Waals surface area (Å²) in [5.41, 5.74) is 3.21. The number of aromatic nitrogens is 4. The summed E-state index contributed by atoms with van der Waals surface area (Å²) in [7, 11) is 1.77. The van der Waals surface area contributed by atoms with Gasteiger partial charge < -0.3 is 4.90 Å². The topological polar surface area (TPSA) is 72.5 Å². The molecule has 8 heteroatoms. The van der Waals surface area contributed by atoms with E-state index in [2.05, 4.69) is 24.0 Å². The molecule has 2 heterocycles. The lowest BCUT2D eigenvalue weighted by Gasteiger charge is -2.21. The monoisotopic (exact) mass is 497 g/mol. The second-order valence-corrected chi connectivity index (χ2v) is 10.3. The number of hydrogen-bond acceptors (Lipinski definition) is 5. The van der Waals surface area contributed by atoms with Gasteiger partial charge in [0, 0.05) is 12.7 Å². The molecule has 0 bridgehead atoms. The minimum atomic E-state index is -0.426. The van der Waals surface area contributed by atoms with Crippen LogP contribution in [0.15, 0.2) is 88.8 Å². The van der Waals surface area contributed by atoms with Gasteiger partial charge in [-0.25, -0.2) is 4.57 Å². The lowest BCUT2D eigenvalue weighted by molar-refractivity contribution is -0.117. The third-order valence-corrected chi connectivity index (χ3v) is 7.33. The van der Waals surface area contributed by atoms with Crippen molar-refractivity contribution >= 4 is 40.0 Å². The van der Waals surface area contributed by atoms with Crippen molar-refractivity contribution in [3.63, 3.8) is 0 Å². The minimum Gasteiger partial charge on any atom is -0.315 e. The third kappa shape index (κ3) is 4.07. The molecule has 1 atom stereocenters. The van der Waals surface area contributed by atoms with Crippen LogP contribution in [0, 0.1) is 0 Å². The molecule has 0 radical (unpaired) electrons. The molecule has 0 aliphatic rings. The molecule has 1 unspecified atom stereocenters. The molecule has 0 spiro atoms. The SMILES string of the molecule is CC(Sc1nnc2n(-c3ccccc3C(C)C)c(=O)c3ccccc3n12)C(=O)N(C)c1ccccc1. The number of para-hydroxylation sites is 3. The molecule has 0 aliphatic heterocycles. The normalized spacial score (nSPS) is 12.4. The first-order chi connectivity index (χ1) is 17.4. The lowest BCUT2D eigenvalue weighted by atomic mass is 10.0. The van der Waals surface area contributed by atoms with E-state index >= 15 is 0 Å². The van der Waals surface area contributed by atoms with Crippen molar-refractivity contribution in [3.8, 4) is 5.69 Å². The van der Waals surface area contributed by atoms with Gasteiger partial charge in [-0.05, 0) is 48.7 Å². The third-order valence-electron chi connectivity index (χ3n) is 6.30. The Morgan fingerprint density at radius 2 is 1.56 bits per heavy atom. The van der Waals surface area contributed by atoms with E-state index in [-0.39, 0.29) is 17.4 Å². The highest BCUT2D eigenvalue weighted by Crippen LogP contribution is 2.29. The summed E-state index contributed by atoms with van der Waals surface area (Å²) in [6.45, 7) is 6.06. The quantitative estimate of drug-likeness (QED) is 0.298. The number of thioether (sulfide) groups is 1. The van der Waals surface area contributed by atoms with E-state index in [4.69, 9.17) is 0 Å². The maximum Gasteiger partial charge on any atom is 0.267 e. The fourth-order valence-electron chi connectivity index (χ4n) is 4.41. The van der Waals surface area contributed by atoms with Gasteiger partial charge in [-0.2, -0.15) is 0 Å². The molecule has 0 fully saturated rings. The van der Waals surface area contributed by atoms with Crippen molar-refractivity contribution in [2.75, 3.05) is 11.9 Å². The predicted octanol–water partition coefficient (Wildman–Crippen LogP) is 5.30. The largest absolute Gasteiger partial charge is 0.315 e. The van der Waals surface area contributed by atoms with Crippen LogP contribution in [0.5, 0.6) is 0 Å². The zero-order chi connectivity index (χ0) is 25.4. The zero-order valence-corrected chi connectivity index (χ0v) is 21.4. The summed E-state index contributed by atoms with van der Waals surface area (Å²) < 4.78 is 3.52. The Bertz CT molecular complexity index is 1620. The van der Waals surface area contributed by atoms with Gasteiger partial charge in [0.15, 0.2) is 5.16 Å². The molecule has 1 amide bonds. The fourth-order valence-corrected chi connectivity index (χ4v) is 5.36. The predicted molar refractivity (Wildman–Crippen MR) is 145 cm³/mol. The Hall–Kier alpha value is -3.91. The van der Waals surface area contributed by atoms with E-state index in [9.17, 15) is 9.59 Å². The van der Waals surface area contributed by atoms with Crippen molar-refractivity contribution in [2.45, 2.75) is 37.1 Å². The molecule has 5 rings (SSSR count). The molecule has 0 aliphatic carbocycles. The second kappa shape index (κ2) is 9.62. The Balaban J connectivity index is 1.65. The fraction of sp³-hybridized carbons (Fsp3) is 0.214. The van der Waals surface area contributed by atoms with E-state index in [0.29, 0.717) is 21.8 Å². The number of hydrogen-bond donors (Lipinski definition) is 0. The van der Waals surface area contributed by atoms with Gasteiger partial charge in [0.1, 0.15) is 0 Å². The van der Waals surface area contributed by atoms with Crippen LogP contribution in [0.4, 0.5) is 5.69 Å². The highest BCUT2D eigenvalue weighted by atomic mass is 32.2. The number of carbonyl (C=O) groups excluding carboxylic acids is 1. The molecule has 182 valence electrons. The van der Waals surface area contributed by atoms with Crippen molar-refractivity contribution < 1.29 is 4.79 Å². The van der Waals surface area contributed by atoms with Crippen molar-refractivity contribution in [3.05, 3.63) is 94.8 Å². The first-order valence-corrected chi connectivity index (χ1v) is 12.7. The zero-order valence-electron chi connectivity index (χ0n) is 20.6. The highest BCUT2D eigenvalue weighted by Gasteiger charge is 2.25. The van der Waals surface area contributed by atoms with Gasteiger partial charge in [-0.3, -0.25) is 14.0 Å². The molecule has 0 saturated heterocycles. The molecule has 0 N–H and O–H groups in total. The average Bonchev–Trinajstić information content (AvgIpc) is 3.31. The molecular weight excluding hydrogens is 470 g/mol. The Labute approximate surface area is 213 Å².